The molecule has 0 aliphatic carbocycles. The van der Waals surface area contributed by atoms with Gasteiger partial charge in [0, 0.05) is 32.5 Å². The molecule has 1 heterocycles. The van der Waals surface area contributed by atoms with E-state index in [-0.39, 0.29) is 17.7 Å². The smallest absolute Gasteiger partial charge is 0.223 e. The Bertz CT molecular complexity index is 540. The van der Waals surface area contributed by atoms with Crippen LogP contribution in [-0.2, 0) is 16.1 Å². The summed E-state index contributed by atoms with van der Waals surface area (Å²) >= 11 is 11.8. The summed E-state index contributed by atoms with van der Waals surface area (Å²) in [6.07, 6.45) is 1.43. The largest absolute Gasteiger partial charge is 0.352 e. The van der Waals surface area contributed by atoms with E-state index >= 15 is 0 Å². The first-order valence-electron chi connectivity index (χ1n) is 6.94. The van der Waals surface area contributed by atoms with E-state index < -0.39 is 0 Å². The summed E-state index contributed by atoms with van der Waals surface area (Å²) < 4.78 is 0. The second-order valence-corrected chi connectivity index (χ2v) is 6.06. The van der Waals surface area contributed by atoms with Gasteiger partial charge in [-0.2, -0.15) is 0 Å². The lowest BCUT2D eigenvalue weighted by molar-refractivity contribution is -0.134. The van der Waals surface area contributed by atoms with Gasteiger partial charge in [-0.1, -0.05) is 29.3 Å². The standard InChI is InChI=1S/C15H18Cl2N2O2/c1-10(20)19-6-4-12(5-7-19)15(21)18-9-11-2-3-13(16)14(17)8-11/h2-3,8,12H,4-7,9H2,1H3,(H,18,21). The minimum absolute atomic E-state index is 0.0247. The zero-order valence-corrected chi connectivity index (χ0v) is 13.4. The Kier molecular flexibility index (Phi) is 5.48. The Hall–Kier alpha value is -1.26. The summed E-state index contributed by atoms with van der Waals surface area (Å²) in [4.78, 5) is 25.2. The number of carbonyl (C=O) groups excluding carboxylic acids is 2. The van der Waals surface area contributed by atoms with E-state index in [9.17, 15) is 9.59 Å². The van der Waals surface area contributed by atoms with Crippen molar-refractivity contribution in [1.82, 2.24) is 10.2 Å². The van der Waals surface area contributed by atoms with Crippen LogP contribution in [0.4, 0.5) is 0 Å². The fourth-order valence-corrected chi connectivity index (χ4v) is 2.76. The number of piperidine rings is 1. The van der Waals surface area contributed by atoms with Crippen molar-refractivity contribution in [3.63, 3.8) is 0 Å². The quantitative estimate of drug-likeness (QED) is 0.927. The van der Waals surface area contributed by atoms with Crippen LogP contribution in [0.5, 0.6) is 0 Å². The van der Waals surface area contributed by atoms with Gasteiger partial charge in [-0.25, -0.2) is 0 Å². The highest BCUT2D eigenvalue weighted by molar-refractivity contribution is 6.42. The van der Waals surface area contributed by atoms with E-state index in [1.54, 1.807) is 24.0 Å². The van der Waals surface area contributed by atoms with Crippen molar-refractivity contribution in [2.24, 2.45) is 5.92 Å². The molecule has 1 aromatic carbocycles. The number of likely N-dealkylation sites (tertiary alicyclic amines) is 1. The molecule has 0 unspecified atom stereocenters. The van der Waals surface area contributed by atoms with Crippen molar-refractivity contribution in [2.75, 3.05) is 13.1 Å². The third-order valence-corrected chi connectivity index (χ3v) is 4.50. The number of rotatable bonds is 3. The summed E-state index contributed by atoms with van der Waals surface area (Å²) in [5.74, 6) is 0.0808. The van der Waals surface area contributed by atoms with Gasteiger partial charge in [-0.05, 0) is 30.5 Å². The normalized spacial score (nSPS) is 15.9. The van der Waals surface area contributed by atoms with E-state index in [1.165, 1.54) is 0 Å². The van der Waals surface area contributed by atoms with Crippen molar-refractivity contribution in [3.8, 4) is 0 Å². The monoisotopic (exact) mass is 328 g/mol. The van der Waals surface area contributed by atoms with Gasteiger partial charge in [0.2, 0.25) is 11.8 Å². The molecular weight excluding hydrogens is 311 g/mol. The zero-order chi connectivity index (χ0) is 15.4. The maximum absolute atomic E-state index is 12.1. The van der Waals surface area contributed by atoms with Gasteiger partial charge in [0.15, 0.2) is 0 Å². The number of carbonyl (C=O) groups is 2. The number of nitrogens with zero attached hydrogens (tertiary/aromatic N) is 1. The van der Waals surface area contributed by atoms with Gasteiger partial charge >= 0.3 is 0 Å². The Morgan fingerprint density at radius 1 is 1.24 bits per heavy atom. The molecule has 114 valence electrons. The molecule has 0 atom stereocenters. The molecule has 1 N–H and O–H groups in total. The molecule has 1 aromatic rings. The Morgan fingerprint density at radius 3 is 2.48 bits per heavy atom. The molecule has 1 fully saturated rings. The molecule has 1 saturated heterocycles. The molecule has 6 heteroatoms. The van der Waals surface area contributed by atoms with Gasteiger partial charge < -0.3 is 10.2 Å². The molecule has 4 nitrogen and oxygen atoms in total. The Morgan fingerprint density at radius 2 is 1.90 bits per heavy atom. The first-order valence-corrected chi connectivity index (χ1v) is 7.70. The van der Waals surface area contributed by atoms with E-state index in [0.29, 0.717) is 42.5 Å². The number of hydrogen-bond acceptors (Lipinski definition) is 2. The number of amides is 2. The summed E-state index contributed by atoms with van der Waals surface area (Å²) in [7, 11) is 0. The SMILES string of the molecule is CC(=O)N1CCC(C(=O)NCc2ccc(Cl)c(Cl)c2)CC1. The first-order chi connectivity index (χ1) is 9.97. The molecule has 2 rings (SSSR count). The van der Waals surface area contributed by atoms with Crippen LogP contribution in [0.1, 0.15) is 25.3 Å². The van der Waals surface area contributed by atoms with E-state index in [1.807, 2.05) is 6.07 Å². The number of benzene rings is 1. The third kappa shape index (κ3) is 4.35. The van der Waals surface area contributed by atoms with Gasteiger partial charge in [-0.15, -0.1) is 0 Å². The lowest BCUT2D eigenvalue weighted by Crippen LogP contribution is -2.42. The molecular formula is C15H18Cl2N2O2. The Labute approximate surface area is 134 Å². The molecule has 1 aliphatic rings. The van der Waals surface area contributed by atoms with E-state index in [4.69, 9.17) is 23.2 Å². The van der Waals surface area contributed by atoms with Crippen molar-refractivity contribution in [3.05, 3.63) is 33.8 Å². The fraction of sp³-hybridized carbons (Fsp3) is 0.467. The average Bonchev–Trinajstić information content (AvgIpc) is 2.48. The van der Waals surface area contributed by atoms with Crippen LogP contribution in [0.15, 0.2) is 18.2 Å². The predicted octanol–water partition coefficient (Wildman–Crippen LogP) is 2.87. The van der Waals surface area contributed by atoms with Crippen LogP contribution < -0.4 is 5.32 Å². The highest BCUT2D eigenvalue weighted by Gasteiger charge is 2.25. The second-order valence-electron chi connectivity index (χ2n) is 5.25. The van der Waals surface area contributed by atoms with Crippen LogP contribution in [0, 0.1) is 5.92 Å². The summed E-state index contributed by atoms with van der Waals surface area (Å²) in [5.41, 5.74) is 0.916. The third-order valence-electron chi connectivity index (χ3n) is 3.76. The molecule has 0 saturated carbocycles. The molecule has 1 aliphatic heterocycles. The van der Waals surface area contributed by atoms with E-state index in [2.05, 4.69) is 5.32 Å². The topological polar surface area (TPSA) is 49.4 Å². The first kappa shape index (κ1) is 16.1. The minimum Gasteiger partial charge on any atom is -0.352 e. The minimum atomic E-state index is -0.0247. The Balaban J connectivity index is 1.82. The summed E-state index contributed by atoms with van der Waals surface area (Å²) in [6.45, 7) is 3.30. The van der Waals surface area contributed by atoms with E-state index in [0.717, 1.165) is 5.56 Å². The van der Waals surface area contributed by atoms with Crippen LogP contribution in [-0.4, -0.2) is 29.8 Å². The number of nitrogens with one attached hydrogen (secondary N) is 1. The molecule has 21 heavy (non-hydrogen) atoms. The van der Waals surface area contributed by atoms with Crippen LogP contribution in [0.25, 0.3) is 0 Å². The number of halogens is 2. The van der Waals surface area contributed by atoms with Gasteiger partial charge in [-0.3, -0.25) is 9.59 Å². The maximum atomic E-state index is 12.1. The molecule has 0 spiro atoms. The number of hydrogen-bond donors (Lipinski definition) is 1. The van der Waals surface area contributed by atoms with Gasteiger partial charge in [0.25, 0.3) is 0 Å². The highest BCUT2D eigenvalue weighted by atomic mass is 35.5. The van der Waals surface area contributed by atoms with Crippen molar-refractivity contribution < 1.29 is 9.59 Å². The lowest BCUT2D eigenvalue weighted by Gasteiger charge is -2.30. The average molecular weight is 329 g/mol. The van der Waals surface area contributed by atoms with Crippen molar-refractivity contribution in [1.29, 1.82) is 0 Å². The van der Waals surface area contributed by atoms with Crippen molar-refractivity contribution >= 4 is 35.0 Å². The van der Waals surface area contributed by atoms with Crippen molar-refractivity contribution in [2.45, 2.75) is 26.3 Å². The van der Waals surface area contributed by atoms with Crippen LogP contribution in [0.3, 0.4) is 0 Å². The zero-order valence-electron chi connectivity index (χ0n) is 11.9. The van der Waals surface area contributed by atoms with Gasteiger partial charge in [0.1, 0.15) is 0 Å². The second kappa shape index (κ2) is 7.14. The fourth-order valence-electron chi connectivity index (χ4n) is 2.44. The summed E-state index contributed by atoms with van der Waals surface area (Å²) in [5, 5.41) is 3.90. The highest BCUT2D eigenvalue weighted by Crippen LogP contribution is 2.23. The van der Waals surface area contributed by atoms with Crippen LogP contribution >= 0.6 is 23.2 Å². The van der Waals surface area contributed by atoms with Gasteiger partial charge in [0.05, 0.1) is 10.0 Å². The molecule has 2 amide bonds. The molecule has 0 bridgehead atoms. The van der Waals surface area contributed by atoms with Crippen LogP contribution in [0.2, 0.25) is 10.0 Å². The molecule has 0 radical (unpaired) electrons. The lowest BCUT2D eigenvalue weighted by atomic mass is 9.96. The molecule has 0 aromatic heterocycles. The summed E-state index contributed by atoms with van der Waals surface area (Å²) in [6, 6.07) is 5.31. The predicted molar refractivity (Wildman–Crippen MR) is 83.3 cm³/mol. The maximum Gasteiger partial charge on any atom is 0.223 e.